The Balaban J connectivity index is 1.70. The lowest BCUT2D eigenvalue weighted by atomic mass is 9.79. The van der Waals surface area contributed by atoms with E-state index in [0.717, 1.165) is 66.8 Å². The van der Waals surface area contributed by atoms with Crippen molar-refractivity contribution >= 4 is 0 Å². The van der Waals surface area contributed by atoms with E-state index in [-0.39, 0.29) is 0 Å². The molecule has 0 amide bonds. The van der Waals surface area contributed by atoms with Crippen molar-refractivity contribution in [2.75, 3.05) is 0 Å². The van der Waals surface area contributed by atoms with E-state index in [1.165, 1.54) is 0 Å². The van der Waals surface area contributed by atoms with E-state index >= 15 is 0 Å². The second-order valence-corrected chi connectivity index (χ2v) is 11.2. The van der Waals surface area contributed by atoms with Crippen molar-refractivity contribution in [3.05, 3.63) is 215 Å². The Hall–Kier alpha value is -6.78. The smallest absolute Gasteiger partial charge is 0.0503 e. The van der Waals surface area contributed by atoms with Crippen molar-refractivity contribution in [1.29, 1.82) is 0 Å². The topological polar surface area (TPSA) is 0 Å². The minimum Gasteiger partial charge on any atom is -0.0622 e. The Morgan fingerprint density at radius 1 is 0.208 bits per heavy atom. The third-order valence-corrected chi connectivity index (χ3v) is 8.00. The van der Waals surface area contributed by atoms with E-state index in [2.05, 4.69) is 114 Å². The van der Waals surface area contributed by atoms with Crippen molar-refractivity contribution < 1.29 is 0 Å². The molecule has 7 aromatic carbocycles. The van der Waals surface area contributed by atoms with Gasteiger partial charge in [-0.2, -0.15) is 0 Å². The maximum absolute atomic E-state index is 3.68. The molecule has 0 fully saturated rings. The van der Waals surface area contributed by atoms with Crippen LogP contribution < -0.4 is 0 Å². The van der Waals surface area contributed by atoms with Crippen LogP contribution in [0, 0.1) is 35.5 Å². The molecule has 0 spiro atoms. The summed E-state index contributed by atoms with van der Waals surface area (Å²) in [4.78, 5) is 0. The van der Waals surface area contributed by atoms with Crippen LogP contribution in [0.4, 0.5) is 0 Å². The van der Waals surface area contributed by atoms with Crippen LogP contribution in [0.3, 0.4) is 0 Å². The number of rotatable bonds is 3. The highest BCUT2D eigenvalue weighted by molar-refractivity contribution is 5.99. The molecule has 7 aromatic rings. The quantitative estimate of drug-likeness (QED) is 0.176. The van der Waals surface area contributed by atoms with Crippen molar-refractivity contribution in [3.8, 4) is 68.9 Å². The highest BCUT2D eigenvalue weighted by Crippen LogP contribution is 2.44. The highest BCUT2D eigenvalue weighted by atomic mass is 14.3. The fourth-order valence-corrected chi connectivity index (χ4v) is 5.77. The molecule has 0 aliphatic carbocycles. The average Bonchev–Trinajstić information content (AvgIpc) is 3.17. The summed E-state index contributed by atoms with van der Waals surface area (Å²) in [5.41, 5.74) is 11.6. The second-order valence-electron chi connectivity index (χ2n) is 11.2. The van der Waals surface area contributed by atoms with Crippen molar-refractivity contribution in [3.63, 3.8) is 0 Å². The fourth-order valence-electron chi connectivity index (χ4n) is 5.77. The maximum Gasteiger partial charge on any atom is 0.0503 e. The van der Waals surface area contributed by atoms with E-state index in [1.807, 2.05) is 103 Å². The molecular formula is C48H30. The van der Waals surface area contributed by atoms with Crippen LogP contribution in [0.15, 0.2) is 182 Å². The van der Waals surface area contributed by atoms with Gasteiger partial charge in [-0.3, -0.25) is 0 Å². The number of hydrogen-bond donors (Lipinski definition) is 0. The van der Waals surface area contributed by atoms with Gasteiger partial charge in [0.1, 0.15) is 0 Å². The second kappa shape index (κ2) is 14.5. The van der Waals surface area contributed by atoms with Crippen LogP contribution in [0.2, 0.25) is 0 Å². The molecule has 0 unspecified atom stereocenters. The molecule has 0 aliphatic rings. The van der Waals surface area contributed by atoms with Crippen molar-refractivity contribution in [2.24, 2.45) is 0 Å². The summed E-state index contributed by atoms with van der Waals surface area (Å²) in [6.07, 6.45) is 0. The van der Waals surface area contributed by atoms with E-state index in [4.69, 9.17) is 0 Å². The van der Waals surface area contributed by atoms with Crippen molar-refractivity contribution in [2.45, 2.75) is 0 Å². The average molecular weight is 607 g/mol. The lowest BCUT2D eigenvalue weighted by molar-refractivity contribution is 1.48. The van der Waals surface area contributed by atoms with Crippen LogP contribution in [-0.2, 0) is 0 Å². The van der Waals surface area contributed by atoms with Crippen molar-refractivity contribution in [1.82, 2.24) is 0 Å². The third-order valence-electron chi connectivity index (χ3n) is 8.00. The van der Waals surface area contributed by atoms with E-state index in [0.29, 0.717) is 0 Å². The molecule has 0 bridgehead atoms. The molecule has 0 nitrogen and oxygen atoms in total. The molecule has 222 valence electrons. The summed E-state index contributed by atoms with van der Waals surface area (Å²) in [5, 5.41) is 0. The first-order chi connectivity index (χ1) is 23.8. The van der Waals surface area contributed by atoms with Crippen LogP contribution in [-0.4, -0.2) is 0 Å². The fraction of sp³-hybridized carbons (Fsp3) is 0. The Bertz CT molecular complexity index is 2340. The predicted molar refractivity (Wildman–Crippen MR) is 200 cm³/mol. The van der Waals surface area contributed by atoms with Gasteiger partial charge in [-0.05, 0) is 53.1 Å². The van der Waals surface area contributed by atoms with E-state index in [1.54, 1.807) is 0 Å². The summed E-state index contributed by atoms with van der Waals surface area (Å²) in [6.45, 7) is 0. The Labute approximate surface area is 283 Å². The first kappa shape index (κ1) is 29.9. The lowest BCUT2D eigenvalue weighted by Gasteiger charge is -2.22. The molecule has 0 heteroatoms. The molecule has 48 heavy (non-hydrogen) atoms. The van der Waals surface area contributed by atoms with E-state index < -0.39 is 0 Å². The normalized spacial score (nSPS) is 10.0. The van der Waals surface area contributed by atoms with Crippen LogP contribution >= 0.6 is 0 Å². The molecule has 0 aliphatic heterocycles. The van der Waals surface area contributed by atoms with Gasteiger partial charge >= 0.3 is 0 Å². The molecular weight excluding hydrogens is 577 g/mol. The number of hydrogen-bond acceptors (Lipinski definition) is 0. The summed E-state index contributed by atoms with van der Waals surface area (Å²) >= 11 is 0. The molecule has 0 heterocycles. The molecule has 0 saturated carbocycles. The van der Waals surface area contributed by atoms with Gasteiger partial charge in [0.2, 0.25) is 0 Å². The minimum atomic E-state index is 0.851. The zero-order chi connectivity index (χ0) is 32.4. The van der Waals surface area contributed by atoms with Gasteiger partial charge in [0.05, 0.1) is 5.56 Å². The summed E-state index contributed by atoms with van der Waals surface area (Å²) < 4.78 is 0. The number of benzene rings is 7. The lowest BCUT2D eigenvalue weighted by Crippen LogP contribution is -2.03. The summed E-state index contributed by atoms with van der Waals surface area (Å²) in [6, 6.07) is 61.9. The molecule has 7 rings (SSSR count). The van der Waals surface area contributed by atoms with Gasteiger partial charge in [-0.1, -0.05) is 181 Å². The predicted octanol–water partition coefficient (Wildman–Crippen LogP) is 10.9. The SMILES string of the molecule is C(#Cc1c(C#Cc2ccccc2)c(-c2ccccc2)c(-c2ccccc2)c(C#Cc2ccccc2)c1-c1ccccc1)c1ccccc1. The van der Waals surface area contributed by atoms with Gasteiger partial charge in [0.25, 0.3) is 0 Å². The largest absolute Gasteiger partial charge is 0.0622 e. The minimum absolute atomic E-state index is 0.851. The van der Waals surface area contributed by atoms with Crippen LogP contribution in [0.5, 0.6) is 0 Å². The van der Waals surface area contributed by atoms with Gasteiger partial charge < -0.3 is 0 Å². The summed E-state index contributed by atoms with van der Waals surface area (Å²) in [7, 11) is 0. The highest BCUT2D eigenvalue weighted by Gasteiger charge is 2.25. The Morgan fingerprint density at radius 3 is 0.812 bits per heavy atom. The standard InChI is InChI=1S/C48H30/c1-7-19-37(20-8-1)31-34-43-44(35-32-38-21-9-2-10-22-38)47(41-27-15-5-16-28-41)48(42-29-17-6-18-30-42)45(36-33-39-23-11-3-12-24-39)46(43)40-25-13-4-14-26-40/h1-30H. The Morgan fingerprint density at radius 2 is 0.458 bits per heavy atom. The summed E-state index contributed by atoms with van der Waals surface area (Å²) in [5.74, 6) is 21.4. The van der Waals surface area contributed by atoms with Gasteiger partial charge in [0.15, 0.2) is 0 Å². The monoisotopic (exact) mass is 606 g/mol. The van der Waals surface area contributed by atoms with Gasteiger partial charge in [-0.15, -0.1) is 0 Å². The van der Waals surface area contributed by atoms with Crippen LogP contribution in [0.25, 0.3) is 33.4 Å². The molecule has 0 atom stereocenters. The first-order valence-electron chi connectivity index (χ1n) is 16.0. The molecule has 0 radical (unpaired) electrons. The zero-order valence-corrected chi connectivity index (χ0v) is 26.3. The van der Waals surface area contributed by atoms with Crippen LogP contribution in [0.1, 0.15) is 33.4 Å². The zero-order valence-electron chi connectivity index (χ0n) is 26.3. The Kier molecular flexibility index (Phi) is 9.06. The van der Waals surface area contributed by atoms with Gasteiger partial charge in [0, 0.05) is 44.5 Å². The molecule has 0 aromatic heterocycles. The molecule has 0 saturated heterocycles. The molecule has 0 N–H and O–H groups in total. The third kappa shape index (κ3) is 6.74. The van der Waals surface area contributed by atoms with Gasteiger partial charge in [-0.25, -0.2) is 0 Å². The van der Waals surface area contributed by atoms with E-state index in [9.17, 15) is 0 Å². The maximum atomic E-state index is 3.68. The first-order valence-corrected chi connectivity index (χ1v) is 16.0.